The Morgan fingerprint density at radius 1 is 1.05 bits per heavy atom. The van der Waals surface area contributed by atoms with E-state index >= 15 is 0 Å². The minimum absolute atomic E-state index is 0.0236. The molecule has 0 radical (unpaired) electrons. The van der Waals surface area contributed by atoms with E-state index in [0.717, 1.165) is 32.1 Å². The third-order valence-corrected chi connectivity index (χ3v) is 9.29. The van der Waals surface area contributed by atoms with Gasteiger partial charge in [0.15, 0.2) is 0 Å². The zero-order chi connectivity index (χ0) is 28.1. The Morgan fingerprint density at radius 3 is 2.58 bits per heavy atom. The summed E-state index contributed by atoms with van der Waals surface area (Å²) in [5.74, 6) is -2.91. The first-order valence-corrected chi connectivity index (χ1v) is 14.7. The number of hydrogen-bond donors (Lipinski definition) is 4. The van der Waals surface area contributed by atoms with Crippen LogP contribution in [0.2, 0.25) is 10.0 Å². The van der Waals surface area contributed by atoms with E-state index in [-0.39, 0.29) is 41.8 Å². The second-order valence-electron chi connectivity index (χ2n) is 11.5. The van der Waals surface area contributed by atoms with Crippen molar-refractivity contribution in [2.45, 2.75) is 63.1 Å². The van der Waals surface area contributed by atoms with Gasteiger partial charge in [0, 0.05) is 41.0 Å². The van der Waals surface area contributed by atoms with Crippen molar-refractivity contribution in [3.05, 3.63) is 33.9 Å². The van der Waals surface area contributed by atoms with Crippen molar-refractivity contribution in [3.8, 4) is 0 Å². The number of nitrogens with zero attached hydrogens (tertiary/aromatic N) is 1. The van der Waals surface area contributed by atoms with Crippen LogP contribution in [0.5, 0.6) is 0 Å². The maximum atomic E-state index is 13.9. The lowest BCUT2D eigenvalue weighted by atomic mass is 9.91. The van der Waals surface area contributed by atoms with Crippen molar-refractivity contribution in [3.63, 3.8) is 0 Å². The molecule has 5 atom stereocenters. The lowest BCUT2D eigenvalue weighted by Gasteiger charge is -2.29. The number of ketones is 1. The predicted octanol–water partition coefficient (Wildman–Crippen LogP) is 2.57. The van der Waals surface area contributed by atoms with Gasteiger partial charge in [-0.05, 0) is 68.6 Å². The summed E-state index contributed by atoms with van der Waals surface area (Å²) in [5.41, 5.74) is 0.902. The van der Waals surface area contributed by atoms with Crippen LogP contribution in [0.15, 0.2) is 18.2 Å². The summed E-state index contributed by atoms with van der Waals surface area (Å²) >= 11 is 12.5. The van der Waals surface area contributed by atoms with Crippen LogP contribution >= 0.6 is 23.2 Å². The molecule has 4 fully saturated rings. The Bertz CT molecular complexity index is 1400. The first-order valence-electron chi connectivity index (χ1n) is 13.9. The number of fused-ring (bicyclic) bond motifs is 2. The standard InChI is InChI=1S/C28H31Cl2N5O5/c29-15-9-19(30)18-11-22(33-20(18)10-15)28(40)35-12-14-2-1-3-17(14)23(35)26(38)34-21(8-13-6-7-31-25(13)37)24(36)27(39)32-16-4-5-16/h9-11,13-14,16-17,21,23,33H,1-8,12H2,(H,31,37)(H,32,39)(H,34,38). The molecule has 2 saturated heterocycles. The number of H-pyrrole nitrogens is 1. The molecule has 212 valence electrons. The fraction of sp³-hybridized carbons (Fsp3) is 0.536. The Hall–Kier alpha value is -3.11. The van der Waals surface area contributed by atoms with Crippen molar-refractivity contribution in [2.24, 2.45) is 17.8 Å². The lowest BCUT2D eigenvalue weighted by molar-refractivity contribution is -0.141. The minimum Gasteiger partial charge on any atom is -0.356 e. The molecule has 1 aromatic carbocycles. The zero-order valence-corrected chi connectivity index (χ0v) is 23.3. The summed E-state index contributed by atoms with van der Waals surface area (Å²) in [6.07, 6.45) is 4.82. The zero-order valence-electron chi connectivity index (χ0n) is 21.8. The number of halogens is 2. The summed E-state index contributed by atoms with van der Waals surface area (Å²) in [6.45, 7) is 0.901. The van der Waals surface area contributed by atoms with E-state index in [1.165, 1.54) is 0 Å². The van der Waals surface area contributed by atoms with Crippen molar-refractivity contribution in [2.75, 3.05) is 13.1 Å². The maximum Gasteiger partial charge on any atom is 0.289 e. The summed E-state index contributed by atoms with van der Waals surface area (Å²) < 4.78 is 0. The first-order chi connectivity index (χ1) is 19.2. The molecule has 0 spiro atoms. The number of aromatic amines is 1. The largest absolute Gasteiger partial charge is 0.356 e. The van der Waals surface area contributed by atoms with Gasteiger partial charge in [0.25, 0.3) is 11.8 Å². The number of benzene rings is 1. The molecule has 4 aliphatic rings. The molecule has 2 aliphatic heterocycles. The molecule has 40 heavy (non-hydrogen) atoms. The van der Waals surface area contributed by atoms with Gasteiger partial charge in [0.05, 0.1) is 11.1 Å². The van der Waals surface area contributed by atoms with Crippen molar-refractivity contribution < 1.29 is 24.0 Å². The van der Waals surface area contributed by atoms with Gasteiger partial charge < -0.3 is 25.8 Å². The van der Waals surface area contributed by atoms with Crippen LogP contribution in [0.25, 0.3) is 10.9 Å². The molecule has 3 heterocycles. The van der Waals surface area contributed by atoms with Gasteiger partial charge in [-0.25, -0.2) is 0 Å². The van der Waals surface area contributed by atoms with Gasteiger partial charge in [-0.3, -0.25) is 24.0 Å². The molecule has 0 bridgehead atoms. The minimum atomic E-state index is -1.16. The van der Waals surface area contributed by atoms with Gasteiger partial charge in [-0.15, -0.1) is 0 Å². The number of carbonyl (C=O) groups is 5. The molecule has 5 unspecified atom stereocenters. The van der Waals surface area contributed by atoms with Crippen molar-refractivity contribution >= 4 is 63.5 Å². The number of nitrogens with one attached hydrogen (secondary N) is 4. The molecule has 10 nitrogen and oxygen atoms in total. The van der Waals surface area contributed by atoms with Gasteiger partial charge in [-0.2, -0.15) is 0 Å². The summed E-state index contributed by atoms with van der Waals surface area (Å²) in [7, 11) is 0. The van der Waals surface area contributed by atoms with E-state index < -0.39 is 35.6 Å². The number of rotatable bonds is 8. The second kappa shape index (κ2) is 10.7. The van der Waals surface area contributed by atoms with Crippen LogP contribution in [0, 0.1) is 17.8 Å². The lowest BCUT2D eigenvalue weighted by Crippen LogP contribution is -2.55. The highest BCUT2D eigenvalue weighted by Gasteiger charge is 2.50. The number of aromatic nitrogens is 1. The SMILES string of the molecule is O=C(NC1CC1)C(=O)C(CC1CCNC1=O)NC(=O)C1C2CCCC2CN1C(=O)c1cc2c(Cl)cc(Cl)cc2[nH]1. The van der Waals surface area contributed by atoms with Gasteiger partial charge in [0.2, 0.25) is 17.6 Å². The van der Waals surface area contributed by atoms with Crippen LogP contribution in [-0.2, 0) is 19.2 Å². The topological polar surface area (TPSA) is 140 Å². The average Bonchev–Trinajstić information content (AvgIpc) is 3.26. The van der Waals surface area contributed by atoms with Crippen LogP contribution < -0.4 is 16.0 Å². The van der Waals surface area contributed by atoms with Crippen LogP contribution in [0.4, 0.5) is 0 Å². The molecular formula is C28H31Cl2N5O5. The molecule has 2 aromatic rings. The van der Waals surface area contributed by atoms with E-state index in [0.29, 0.717) is 40.5 Å². The molecule has 4 amide bonds. The number of likely N-dealkylation sites (tertiary alicyclic amines) is 1. The third kappa shape index (κ3) is 5.19. The highest BCUT2D eigenvalue weighted by Crippen LogP contribution is 2.43. The molecular weight excluding hydrogens is 557 g/mol. The molecule has 12 heteroatoms. The summed E-state index contributed by atoms with van der Waals surface area (Å²) in [4.78, 5) is 70.5. The fourth-order valence-electron chi connectivity index (χ4n) is 6.57. The van der Waals surface area contributed by atoms with Crippen molar-refractivity contribution in [1.29, 1.82) is 0 Å². The summed E-state index contributed by atoms with van der Waals surface area (Å²) in [6, 6.07) is 2.96. The quantitative estimate of drug-likeness (QED) is 0.351. The highest BCUT2D eigenvalue weighted by atomic mass is 35.5. The molecule has 2 saturated carbocycles. The van der Waals surface area contributed by atoms with Crippen LogP contribution in [0.1, 0.15) is 55.4 Å². The Balaban J connectivity index is 1.25. The molecule has 6 rings (SSSR count). The van der Waals surface area contributed by atoms with E-state index in [9.17, 15) is 24.0 Å². The Kier molecular flexibility index (Phi) is 7.25. The Labute approximate surface area is 240 Å². The number of hydrogen-bond acceptors (Lipinski definition) is 5. The monoisotopic (exact) mass is 587 g/mol. The van der Waals surface area contributed by atoms with E-state index in [4.69, 9.17) is 23.2 Å². The number of carbonyl (C=O) groups excluding carboxylic acids is 5. The first kappa shape index (κ1) is 27.1. The number of amides is 4. The van der Waals surface area contributed by atoms with E-state index in [1.54, 1.807) is 23.1 Å². The maximum absolute atomic E-state index is 13.9. The number of Topliss-reactive ketones (excluding diaryl/α,β-unsaturated/α-hetero) is 1. The van der Waals surface area contributed by atoms with Crippen molar-refractivity contribution in [1.82, 2.24) is 25.8 Å². The molecule has 2 aliphatic carbocycles. The van der Waals surface area contributed by atoms with Gasteiger partial charge in [0.1, 0.15) is 11.7 Å². The smallest absolute Gasteiger partial charge is 0.289 e. The average molecular weight is 588 g/mol. The van der Waals surface area contributed by atoms with E-state index in [1.807, 2.05) is 0 Å². The normalized spacial score (nSPS) is 26.4. The highest BCUT2D eigenvalue weighted by molar-refractivity contribution is 6.39. The molecule has 1 aromatic heterocycles. The summed E-state index contributed by atoms with van der Waals surface area (Å²) in [5, 5.41) is 9.73. The van der Waals surface area contributed by atoms with E-state index in [2.05, 4.69) is 20.9 Å². The van der Waals surface area contributed by atoms with Crippen LogP contribution in [-0.4, -0.2) is 70.5 Å². The Morgan fingerprint density at radius 2 is 1.85 bits per heavy atom. The van der Waals surface area contributed by atoms with Crippen LogP contribution in [0.3, 0.4) is 0 Å². The van der Waals surface area contributed by atoms with Gasteiger partial charge in [-0.1, -0.05) is 29.6 Å². The second-order valence-corrected chi connectivity index (χ2v) is 12.3. The predicted molar refractivity (Wildman–Crippen MR) is 148 cm³/mol. The fourth-order valence-corrected chi connectivity index (χ4v) is 7.11. The molecule has 4 N–H and O–H groups in total. The van der Waals surface area contributed by atoms with Gasteiger partial charge >= 0.3 is 0 Å². The third-order valence-electron chi connectivity index (χ3n) is 8.76.